The fraction of sp³-hybridized carbons (Fsp3) is 0.562. The van der Waals surface area contributed by atoms with Crippen molar-refractivity contribution in [1.82, 2.24) is 4.90 Å². The Balaban J connectivity index is 2.16. The number of hydrogen-bond acceptors (Lipinski definition) is 5. The second-order valence-corrected chi connectivity index (χ2v) is 6.42. The maximum absolute atomic E-state index is 12.8. The summed E-state index contributed by atoms with van der Waals surface area (Å²) >= 11 is 0. The zero-order chi connectivity index (χ0) is 19.6. The summed E-state index contributed by atoms with van der Waals surface area (Å²) in [4.78, 5) is 26.0. The molecule has 0 spiro atoms. The number of hydrogen-bond donors (Lipinski definition) is 1. The van der Waals surface area contributed by atoms with E-state index in [9.17, 15) is 28.1 Å². The maximum atomic E-state index is 12.8. The molecule has 2 atom stereocenters. The third-order valence-corrected chi connectivity index (χ3v) is 4.61. The fourth-order valence-corrected chi connectivity index (χ4v) is 2.79. The molecule has 0 aliphatic carbocycles. The molecule has 2 N–H and O–H groups in total. The van der Waals surface area contributed by atoms with E-state index >= 15 is 0 Å². The smallest absolute Gasteiger partial charge is 0.362 e. The van der Waals surface area contributed by atoms with Crippen molar-refractivity contribution in [2.75, 3.05) is 31.1 Å². The summed E-state index contributed by atoms with van der Waals surface area (Å²) in [6, 6.07) is 2.20. The van der Waals surface area contributed by atoms with Crippen LogP contribution in [0.4, 0.5) is 24.5 Å². The summed E-state index contributed by atoms with van der Waals surface area (Å²) in [7, 11) is 0. The van der Waals surface area contributed by atoms with Crippen molar-refractivity contribution in [2.24, 2.45) is 11.7 Å². The van der Waals surface area contributed by atoms with Crippen LogP contribution in [0.25, 0.3) is 0 Å². The molecule has 1 aliphatic rings. The number of anilines is 1. The summed E-state index contributed by atoms with van der Waals surface area (Å²) in [6.45, 7) is 4.72. The van der Waals surface area contributed by atoms with E-state index in [4.69, 9.17) is 5.73 Å². The third kappa shape index (κ3) is 4.24. The summed E-state index contributed by atoms with van der Waals surface area (Å²) in [5, 5.41) is 11.2. The maximum Gasteiger partial charge on any atom is 0.416 e. The van der Waals surface area contributed by atoms with Gasteiger partial charge in [0.25, 0.3) is 5.69 Å². The van der Waals surface area contributed by atoms with Crippen molar-refractivity contribution in [1.29, 1.82) is 0 Å². The normalized spacial score (nSPS) is 17.8. The van der Waals surface area contributed by atoms with Gasteiger partial charge in [-0.2, -0.15) is 13.2 Å². The first-order valence-electron chi connectivity index (χ1n) is 8.17. The molecule has 0 bridgehead atoms. The van der Waals surface area contributed by atoms with E-state index in [2.05, 4.69) is 0 Å². The van der Waals surface area contributed by atoms with Crippen molar-refractivity contribution in [3.05, 3.63) is 33.9 Å². The van der Waals surface area contributed by atoms with Crippen molar-refractivity contribution in [3.8, 4) is 0 Å². The number of nitro benzene ring substituents is 1. The van der Waals surface area contributed by atoms with Gasteiger partial charge in [0.1, 0.15) is 5.69 Å². The van der Waals surface area contributed by atoms with E-state index < -0.39 is 22.4 Å². The minimum atomic E-state index is -4.65. The Bertz CT molecular complexity index is 686. The van der Waals surface area contributed by atoms with Crippen LogP contribution in [0, 0.1) is 16.0 Å². The Morgan fingerprint density at radius 1 is 1.23 bits per heavy atom. The number of carbonyl (C=O) groups excluding carboxylic acids is 1. The van der Waals surface area contributed by atoms with Crippen LogP contribution >= 0.6 is 0 Å². The highest BCUT2D eigenvalue weighted by molar-refractivity contribution is 5.79. The first-order chi connectivity index (χ1) is 12.0. The molecule has 0 radical (unpaired) electrons. The molecule has 26 heavy (non-hydrogen) atoms. The number of carbonyl (C=O) groups is 1. The van der Waals surface area contributed by atoms with Gasteiger partial charge >= 0.3 is 6.18 Å². The highest BCUT2D eigenvalue weighted by atomic mass is 19.4. The van der Waals surface area contributed by atoms with Crippen LogP contribution in [0.5, 0.6) is 0 Å². The lowest BCUT2D eigenvalue weighted by Crippen LogP contribution is -2.52. The second-order valence-electron chi connectivity index (χ2n) is 6.42. The molecule has 1 saturated heterocycles. The molecule has 0 saturated carbocycles. The number of nitrogens with two attached hydrogens (primary N) is 1. The Kier molecular flexibility index (Phi) is 5.74. The van der Waals surface area contributed by atoms with Crippen molar-refractivity contribution in [3.63, 3.8) is 0 Å². The molecule has 0 aromatic heterocycles. The minimum Gasteiger partial charge on any atom is -0.362 e. The van der Waals surface area contributed by atoms with E-state index in [0.29, 0.717) is 32.2 Å². The number of piperazine rings is 1. The average molecular weight is 374 g/mol. The first-order valence-corrected chi connectivity index (χ1v) is 8.17. The van der Waals surface area contributed by atoms with Crippen LogP contribution in [0.15, 0.2) is 18.2 Å². The molecule has 1 aromatic carbocycles. The third-order valence-electron chi connectivity index (χ3n) is 4.61. The summed E-state index contributed by atoms with van der Waals surface area (Å²) in [6.07, 6.45) is -4.65. The van der Waals surface area contributed by atoms with Crippen LogP contribution in [0.3, 0.4) is 0 Å². The Morgan fingerprint density at radius 3 is 2.27 bits per heavy atom. The topological polar surface area (TPSA) is 92.7 Å². The van der Waals surface area contributed by atoms with Crippen molar-refractivity contribution in [2.45, 2.75) is 26.1 Å². The second kappa shape index (κ2) is 7.48. The molecule has 1 aromatic rings. The van der Waals surface area contributed by atoms with E-state index in [0.717, 1.165) is 12.1 Å². The molecule has 10 heteroatoms. The molecular weight excluding hydrogens is 353 g/mol. The lowest BCUT2D eigenvalue weighted by molar-refractivity contribution is -0.384. The van der Waals surface area contributed by atoms with Crippen LogP contribution in [0.2, 0.25) is 0 Å². The van der Waals surface area contributed by atoms with Gasteiger partial charge in [-0.1, -0.05) is 6.92 Å². The summed E-state index contributed by atoms with van der Waals surface area (Å²) in [5.74, 6) is -0.441. The number of nitro groups is 1. The number of rotatable bonds is 4. The van der Waals surface area contributed by atoms with Crippen LogP contribution < -0.4 is 10.6 Å². The monoisotopic (exact) mass is 374 g/mol. The molecule has 2 unspecified atom stereocenters. The molecule has 1 aliphatic heterocycles. The molecule has 1 amide bonds. The van der Waals surface area contributed by atoms with Gasteiger partial charge in [-0.25, -0.2) is 0 Å². The Labute approximate surface area is 148 Å². The number of benzene rings is 1. The molecular formula is C16H21F3N4O3. The predicted molar refractivity (Wildman–Crippen MR) is 89.7 cm³/mol. The summed E-state index contributed by atoms with van der Waals surface area (Å²) < 4.78 is 38.4. The van der Waals surface area contributed by atoms with Crippen LogP contribution in [0.1, 0.15) is 19.4 Å². The highest BCUT2D eigenvalue weighted by Crippen LogP contribution is 2.36. The van der Waals surface area contributed by atoms with E-state index in [-0.39, 0.29) is 23.6 Å². The molecule has 1 fully saturated rings. The molecule has 7 nitrogen and oxygen atoms in total. The van der Waals surface area contributed by atoms with Gasteiger partial charge in [0, 0.05) is 38.3 Å². The first kappa shape index (κ1) is 20.0. The zero-order valence-corrected chi connectivity index (χ0v) is 14.5. The largest absolute Gasteiger partial charge is 0.416 e. The molecule has 1 heterocycles. The standard InChI is InChI=1S/C16H21F3N4O3/c1-10(11(2)20)15(24)22-7-5-21(6-8-22)13-4-3-12(16(17,18)19)9-14(13)23(25)26/h3-4,9-11H,5-8,20H2,1-2H3. The van der Waals surface area contributed by atoms with Gasteiger partial charge in [0.05, 0.1) is 16.4 Å². The fourth-order valence-electron chi connectivity index (χ4n) is 2.79. The lowest BCUT2D eigenvalue weighted by Gasteiger charge is -2.37. The van der Waals surface area contributed by atoms with Gasteiger partial charge in [-0.05, 0) is 19.1 Å². The van der Waals surface area contributed by atoms with Gasteiger partial charge in [0.2, 0.25) is 5.91 Å². The minimum absolute atomic E-state index is 0.0958. The average Bonchev–Trinajstić information content (AvgIpc) is 2.59. The Hall–Kier alpha value is -2.36. The van der Waals surface area contributed by atoms with Gasteiger partial charge in [-0.15, -0.1) is 0 Å². The van der Waals surface area contributed by atoms with Crippen LogP contribution in [-0.2, 0) is 11.0 Å². The van der Waals surface area contributed by atoms with Crippen molar-refractivity contribution < 1.29 is 22.9 Å². The van der Waals surface area contributed by atoms with E-state index in [1.54, 1.807) is 23.6 Å². The van der Waals surface area contributed by atoms with Crippen molar-refractivity contribution >= 4 is 17.3 Å². The highest BCUT2D eigenvalue weighted by Gasteiger charge is 2.34. The zero-order valence-electron chi connectivity index (χ0n) is 14.5. The molecule has 144 valence electrons. The Morgan fingerprint density at radius 2 is 1.81 bits per heavy atom. The van der Waals surface area contributed by atoms with Crippen LogP contribution in [-0.4, -0.2) is 48.0 Å². The molecule has 2 rings (SSSR count). The number of halogens is 3. The number of nitrogens with zero attached hydrogens (tertiary/aromatic N) is 3. The lowest BCUT2D eigenvalue weighted by atomic mass is 10.0. The predicted octanol–water partition coefficient (Wildman–Crippen LogP) is 2.25. The quantitative estimate of drug-likeness (QED) is 0.645. The van der Waals surface area contributed by atoms with E-state index in [1.165, 1.54) is 0 Å². The number of amides is 1. The SMILES string of the molecule is CC(N)C(C)C(=O)N1CCN(c2ccc(C(F)(F)F)cc2[N+](=O)[O-])CC1. The van der Waals surface area contributed by atoms with E-state index in [1.807, 2.05) is 0 Å². The summed E-state index contributed by atoms with van der Waals surface area (Å²) in [5.41, 5.74) is 4.20. The van der Waals surface area contributed by atoms with Gasteiger partial charge in [0.15, 0.2) is 0 Å². The van der Waals surface area contributed by atoms with Gasteiger partial charge in [-0.3, -0.25) is 14.9 Å². The number of alkyl halides is 3. The van der Waals surface area contributed by atoms with Gasteiger partial charge < -0.3 is 15.5 Å².